The number of benzene rings is 2. The summed E-state index contributed by atoms with van der Waals surface area (Å²) in [4.78, 5) is 27.7. The predicted octanol–water partition coefficient (Wildman–Crippen LogP) is 2.03. The van der Waals surface area contributed by atoms with Crippen LogP contribution in [0.1, 0.15) is 21.5 Å². The Morgan fingerprint density at radius 1 is 1.04 bits per heavy atom. The Labute approximate surface area is 158 Å². The molecule has 2 aliphatic heterocycles. The number of nitrogens with zero attached hydrogens (tertiary/aromatic N) is 2. The summed E-state index contributed by atoms with van der Waals surface area (Å²) in [5, 5.41) is 8.93. The van der Waals surface area contributed by atoms with E-state index in [4.69, 9.17) is 9.84 Å². The number of rotatable bonds is 4. The molecule has 140 valence electrons. The van der Waals surface area contributed by atoms with E-state index in [-0.39, 0.29) is 23.6 Å². The third-order valence-corrected chi connectivity index (χ3v) is 5.33. The molecule has 6 nitrogen and oxygen atoms in total. The highest BCUT2D eigenvalue weighted by Crippen LogP contribution is 2.25. The van der Waals surface area contributed by atoms with Crippen LogP contribution in [0.15, 0.2) is 48.5 Å². The fraction of sp³-hybridized carbons (Fsp3) is 0.333. The number of carboxylic acid groups (broad SMARTS) is 1. The van der Waals surface area contributed by atoms with Crippen molar-refractivity contribution < 1.29 is 19.4 Å². The molecule has 1 saturated heterocycles. The van der Waals surface area contributed by atoms with Crippen molar-refractivity contribution in [1.29, 1.82) is 0 Å². The van der Waals surface area contributed by atoms with Crippen LogP contribution in [0, 0.1) is 0 Å². The van der Waals surface area contributed by atoms with Crippen molar-refractivity contribution in [2.45, 2.75) is 25.1 Å². The smallest absolute Gasteiger partial charge is 0.335 e. The van der Waals surface area contributed by atoms with Gasteiger partial charge in [0.25, 0.3) is 0 Å². The van der Waals surface area contributed by atoms with Gasteiger partial charge in [-0.15, -0.1) is 0 Å². The zero-order valence-electron chi connectivity index (χ0n) is 15.2. The third-order valence-electron chi connectivity index (χ3n) is 5.33. The Kier molecular flexibility index (Phi) is 4.58. The zero-order chi connectivity index (χ0) is 19.0. The fourth-order valence-corrected chi connectivity index (χ4v) is 3.70. The van der Waals surface area contributed by atoms with Crippen LogP contribution in [0.2, 0.25) is 0 Å². The van der Waals surface area contributed by atoms with Crippen LogP contribution in [0.3, 0.4) is 0 Å². The van der Waals surface area contributed by atoms with Crippen LogP contribution in [-0.2, 0) is 17.8 Å². The summed E-state index contributed by atoms with van der Waals surface area (Å²) in [7, 11) is 2.00. The second-order valence-electron chi connectivity index (χ2n) is 7.22. The first kappa shape index (κ1) is 17.5. The number of carboxylic acids is 1. The molecule has 0 saturated carbocycles. The summed E-state index contributed by atoms with van der Waals surface area (Å²) < 4.78 is 5.84. The van der Waals surface area contributed by atoms with Gasteiger partial charge in [-0.05, 0) is 48.9 Å². The molecule has 1 fully saturated rings. The number of aromatic carboxylic acids is 1. The van der Waals surface area contributed by atoms with E-state index in [1.165, 1.54) is 23.3 Å². The van der Waals surface area contributed by atoms with Crippen molar-refractivity contribution >= 4 is 11.9 Å². The molecule has 0 bridgehead atoms. The Balaban J connectivity index is 1.33. The first-order chi connectivity index (χ1) is 13.0. The number of hydrogen-bond acceptors (Lipinski definition) is 4. The maximum Gasteiger partial charge on any atom is 0.335 e. The lowest BCUT2D eigenvalue weighted by Crippen LogP contribution is -2.61. The number of likely N-dealkylation sites (N-methyl/N-ethyl adjacent to an activating group) is 1. The Hall–Kier alpha value is -2.86. The second-order valence-corrected chi connectivity index (χ2v) is 7.22. The molecule has 0 unspecified atom stereocenters. The van der Waals surface area contributed by atoms with Gasteiger partial charge in [-0.3, -0.25) is 9.69 Å². The van der Waals surface area contributed by atoms with Gasteiger partial charge < -0.3 is 14.7 Å². The van der Waals surface area contributed by atoms with Gasteiger partial charge >= 0.3 is 5.97 Å². The number of hydrogen-bond donors (Lipinski definition) is 1. The second kappa shape index (κ2) is 7.04. The number of likely N-dealkylation sites (tertiary alicyclic amines) is 1. The van der Waals surface area contributed by atoms with Crippen LogP contribution in [0.4, 0.5) is 0 Å². The van der Waals surface area contributed by atoms with Crippen LogP contribution in [0.25, 0.3) is 0 Å². The van der Waals surface area contributed by atoms with Gasteiger partial charge in [0.05, 0.1) is 24.7 Å². The molecule has 4 rings (SSSR count). The molecule has 2 heterocycles. The van der Waals surface area contributed by atoms with Crippen molar-refractivity contribution in [3.63, 3.8) is 0 Å². The topological polar surface area (TPSA) is 70.1 Å². The van der Waals surface area contributed by atoms with E-state index in [0.29, 0.717) is 18.8 Å². The number of fused-ring (bicyclic) bond motifs is 1. The average molecular weight is 366 g/mol. The van der Waals surface area contributed by atoms with Gasteiger partial charge in [0.1, 0.15) is 11.9 Å². The molecule has 1 N–H and O–H groups in total. The maximum absolute atomic E-state index is 12.9. The van der Waals surface area contributed by atoms with Gasteiger partial charge in [0.15, 0.2) is 0 Å². The lowest BCUT2D eigenvalue weighted by atomic mass is 9.93. The number of carbonyl (C=O) groups is 2. The molecule has 27 heavy (non-hydrogen) atoms. The molecule has 1 atom stereocenters. The SMILES string of the molecule is CN1Cc2ccccc2C[C@@H]1C(=O)N1CC(Oc2ccc(C(=O)O)cc2)C1. The predicted molar refractivity (Wildman–Crippen MR) is 99.8 cm³/mol. The summed E-state index contributed by atoms with van der Waals surface area (Å²) in [5.41, 5.74) is 2.77. The highest BCUT2D eigenvalue weighted by molar-refractivity contribution is 5.87. The summed E-state index contributed by atoms with van der Waals surface area (Å²) in [5.74, 6) is -0.186. The van der Waals surface area contributed by atoms with Crippen LogP contribution in [-0.4, -0.2) is 59.1 Å². The Morgan fingerprint density at radius 3 is 2.37 bits per heavy atom. The largest absolute Gasteiger partial charge is 0.487 e. The minimum absolute atomic E-state index is 0.0502. The molecule has 0 aliphatic carbocycles. The summed E-state index contributed by atoms with van der Waals surface area (Å²) >= 11 is 0. The summed E-state index contributed by atoms with van der Waals surface area (Å²) in [6, 6.07) is 14.5. The van der Waals surface area contributed by atoms with E-state index in [0.717, 1.165) is 13.0 Å². The van der Waals surface area contributed by atoms with Gasteiger partial charge in [-0.25, -0.2) is 4.79 Å². The minimum Gasteiger partial charge on any atom is -0.487 e. The van der Waals surface area contributed by atoms with Crippen molar-refractivity contribution in [1.82, 2.24) is 9.80 Å². The van der Waals surface area contributed by atoms with Gasteiger partial charge in [0, 0.05) is 6.54 Å². The fourth-order valence-electron chi connectivity index (χ4n) is 3.70. The lowest BCUT2D eigenvalue weighted by molar-refractivity contribution is -0.146. The average Bonchev–Trinajstić information content (AvgIpc) is 2.63. The molecule has 1 amide bonds. The van der Waals surface area contributed by atoms with Gasteiger partial charge in [-0.1, -0.05) is 24.3 Å². The Bertz CT molecular complexity index is 859. The minimum atomic E-state index is -0.958. The van der Waals surface area contributed by atoms with E-state index >= 15 is 0 Å². The standard InChI is InChI=1S/C21H22N2O4/c1-22-11-16-5-3-2-4-15(16)10-19(22)20(24)23-12-18(13-23)27-17-8-6-14(7-9-17)21(25)26/h2-9,18-19H,10-13H2,1H3,(H,25,26)/t19-/m1/s1. The quantitative estimate of drug-likeness (QED) is 0.897. The van der Waals surface area contributed by atoms with Crippen LogP contribution >= 0.6 is 0 Å². The van der Waals surface area contributed by atoms with Crippen molar-refractivity contribution in [3.05, 3.63) is 65.2 Å². The molecule has 6 heteroatoms. The molecule has 2 aromatic carbocycles. The van der Waals surface area contributed by atoms with Crippen LogP contribution in [0.5, 0.6) is 5.75 Å². The van der Waals surface area contributed by atoms with E-state index in [2.05, 4.69) is 17.0 Å². The number of carbonyl (C=O) groups excluding carboxylic acids is 1. The first-order valence-corrected chi connectivity index (χ1v) is 9.07. The van der Waals surface area contributed by atoms with Crippen molar-refractivity contribution in [2.24, 2.45) is 0 Å². The first-order valence-electron chi connectivity index (χ1n) is 9.07. The highest BCUT2D eigenvalue weighted by atomic mass is 16.5. The third kappa shape index (κ3) is 3.53. The molecular formula is C21H22N2O4. The number of ether oxygens (including phenoxy) is 1. The van der Waals surface area contributed by atoms with E-state index < -0.39 is 5.97 Å². The van der Waals surface area contributed by atoms with Gasteiger partial charge in [0.2, 0.25) is 5.91 Å². The van der Waals surface area contributed by atoms with Crippen molar-refractivity contribution in [3.8, 4) is 5.75 Å². The molecule has 0 aromatic heterocycles. The maximum atomic E-state index is 12.9. The van der Waals surface area contributed by atoms with E-state index in [1.807, 2.05) is 24.1 Å². The molecule has 0 spiro atoms. The monoisotopic (exact) mass is 366 g/mol. The number of amides is 1. The van der Waals surface area contributed by atoms with E-state index in [1.54, 1.807) is 12.1 Å². The van der Waals surface area contributed by atoms with E-state index in [9.17, 15) is 9.59 Å². The molecule has 0 radical (unpaired) electrons. The Morgan fingerprint density at radius 2 is 1.70 bits per heavy atom. The highest BCUT2D eigenvalue weighted by Gasteiger charge is 2.38. The summed E-state index contributed by atoms with van der Waals surface area (Å²) in [6.45, 7) is 1.91. The van der Waals surface area contributed by atoms with Gasteiger partial charge in [-0.2, -0.15) is 0 Å². The lowest BCUT2D eigenvalue weighted by Gasteiger charge is -2.43. The molecular weight excluding hydrogens is 344 g/mol. The molecule has 2 aromatic rings. The van der Waals surface area contributed by atoms with Crippen molar-refractivity contribution in [2.75, 3.05) is 20.1 Å². The summed E-state index contributed by atoms with van der Waals surface area (Å²) in [6.07, 6.45) is 0.690. The normalized spacial score (nSPS) is 19.9. The molecule has 2 aliphatic rings. The van der Waals surface area contributed by atoms with Crippen LogP contribution < -0.4 is 4.74 Å². The zero-order valence-corrected chi connectivity index (χ0v) is 15.2.